The van der Waals surface area contributed by atoms with Gasteiger partial charge >= 0.3 is 0 Å². The van der Waals surface area contributed by atoms with Gasteiger partial charge in [-0.1, -0.05) is 24.3 Å². The number of Topliss-reactive ketones (excluding diaryl/α,β-unsaturated/α-hetero) is 1. The van der Waals surface area contributed by atoms with E-state index in [1.807, 2.05) is 0 Å². The van der Waals surface area contributed by atoms with Gasteiger partial charge in [0.1, 0.15) is 0 Å². The minimum atomic E-state index is -3.32. The topological polar surface area (TPSA) is 51.2 Å². The van der Waals surface area contributed by atoms with Gasteiger partial charge in [0.05, 0.1) is 10.6 Å². The van der Waals surface area contributed by atoms with Crippen molar-refractivity contribution >= 4 is 15.6 Å². The number of sulfone groups is 1. The Morgan fingerprint density at radius 1 is 1.28 bits per heavy atom. The predicted molar refractivity (Wildman–Crippen MR) is 70.4 cm³/mol. The van der Waals surface area contributed by atoms with E-state index in [1.165, 1.54) is 12.1 Å². The highest BCUT2D eigenvalue weighted by molar-refractivity contribution is 7.91. The fraction of sp³-hybridized carbons (Fsp3) is 0.357. The Labute approximate surface area is 107 Å². The Morgan fingerprint density at radius 2 is 1.83 bits per heavy atom. The molecule has 96 valence electrons. The highest BCUT2D eigenvalue weighted by Gasteiger charge is 2.30. The molecule has 1 fully saturated rings. The summed E-state index contributed by atoms with van der Waals surface area (Å²) in [5.41, 5.74) is 1.21. The van der Waals surface area contributed by atoms with Crippen molar-refractivity contribution in [3.63, 3.8) is 0 Å². The maximum absolute atomic E-state index is 11.9. The Bertz CT molecular complexity index is 578. The van der Waals surface area contributed by atoms with Crippen molar-refractivity contribution in [2.75, 3.05) is 5.75 Å². The second-order valence-corrected chi connectivity index (χ2v) is 6.87. The average molecular weight is 264 g/mol. The largest absolute Gasteiger partial charge is 0.294 e. The molecule has 2 rings (SSSR count). The van der Waals surface area contributed by atoms with Gasteiger partial charge in [-0.2, -0.15) is 0 Å². The van der Waals surface area contributed by atoms with Crippen LogP contribution in [0.5, 0.6) is 0 Å². The van der Waals surface area contributed by atoms with Crippen LogP contribution in [0.4, 0.5) is 0 Å². The molecule has 0 saturated heterocycles. The van der Waals surface area contributed by atoms with Gasteiger partial charge in [-0.05, 0) is 31.9 Å². The van der Waals surface area contributed by atoms with Crippen LogP contribution in [0.2, 0.25) is 0 Å². The first-order chi connectivity index (χ1) is 8.40. The van der Waals surface area contributed by atoms with Crippen LogP contribution in [0.25, 0.3) is 0 Å². The molecule has 0 amide bonds. The van der Waals surface area contributed by atoms with Crippen molar-refractivity contribution < 1.29 is 13.2 Å². The summed E-state index contributed by atoms with van der Waals surface area (Å²) in [6.45, 7) is 5.29. The van der Waals surface area contributed by atoms with E-state index in [2.05, 4.69) is 6.58 Å². The molecule has 0 aromatic heterocycles. The first kappa shape index (κ1) is 13.0. The molecule has 0 atom stereocenters. The van der Waals surface area contributed by atoms with Crippen LogP contribution in [0.1, 0.15) is 30.1 Å². The molecular weight excluding hydrogens is 248 g/mol. The zero-order valence-corrected chi connectivity index (χ0v) is 11.2. The van der Waals surface area contributed by atoms with Crippen LogP contribution in [0, 0.1) is 5.92 Å². The first-order valence-corrected chi connectivity index (χ1v) is 7.57. The third-order valence-electron chi connectivity index (χ3n) is 2.88. The van der Waals surface area contributed by atoms with Gasteiger partial charge in [0.15, 0.2) is 15.6 Å². The van der Waals surface area contributed by atoms with Gasteiger partial charge in [-0.25, -0.2) is 8.42 Å². The summed E-state index contributed by atoms with van der Waals surface area (Å²) < 4.78 is 23.8. The van der Waals surface area contributed by atoms with E-state index in [4.69, 9.17) is 0 Å². The molecule has 0 aliphatic heterocycles. The predicted octanol–water partition coefficient (Wildman–Crippen LogP) is 2.63. The summed E-state index contributed by atoms with van der Waals surface area (Å²) >= 11 is 0. The lowest BCUT2D eigenvalue weighted by atomic mass is 10.1. The number of hydrogen-bond acceptors (Lipinski definition) is 3. The molecule has 18 heavy (non-hydrogen) atoms. The van der Waals surface area contributed by atoms with E-state index in [9.17, 15) is 13.2 Å². The summed E-state index contributed by atoms with van der Waals surface area (Å²) in [5.74, 6) is 0.227. The van der Waals surface area contributed by atoms with Crippen molar-refractivity contribution in [1.29, 1.82) is 0 Å². The standard InChI is InChI=1S/C14H16O3S/c1-10(2)9-18(16,17)13-7-5-12(6-8-13)14(15)11-3-4-11/h5-8,11H,1,3-4,9H2,2H3. The normalized spacial score (nSPS) is 15.4. The second kappa shape index (κ2) is 4.69. The van der Waals surface area contributed by atoms with Crippen LogP contribution >= 0.6 is 0 Å². The van der Waals surface area contributed by atoms with Gasteiger partial charge in [0.2, 0.25) is 0 Å². The molecule has 0 N–H and O–H groups in total. The molecule has 0 spiro atoms. The number of benzene rings is 1. The van der Waals surface area contributed by atoms with Gasteiger partial charge < -0.3 is 0 Å². The fourth-order valence-electron chi connectivity index (χ4n) is 1.82. The molecule has 1 saturated carbocycles. The maximum atomic E-state index is 11.9. The van der Waals surface area contributed by atoms with Gasteiger partial charge in [0, 0.05) is 11.5 Å². The monoisotopic (exact) mass is 264 g/mol. The SMILES string of the molecule is C=C(C)CS(=O)(=O)c1ccc(C(=O)C2CC2)cc1. The molecule has 4 heteroatoms. The van der Waals surface area contributed by atoms with E-state index in [-0.39, 0.29) is 22.3 Å². The van der Waals surface area contributed by atoms with Crippen molar-refractivity contribution in [2.24, 2.45) is 5.92 Å². The van der Waals surface area contributed by atoms with Gasteiger partial charge in [0.25, 0.3) is 0 Å². The maximum Gasteiger partial charge on any atom is 0.182 e. The summed E-state index contributed by atoms with van der Waals surface area (Å²) in [6.07, 6.45) is 1.91. The molecule has 0 radical (unpaired) electrons. The first-order valence-electron chi connectivity index (χ1n) is 5.91. The quantitative estimate of drug-likeness (QED) is 0.607. The zero-order valence-electron chi connectivity index (χ0n) is 10.3. The molecule has 1 aliphatic carbocycles. The van der Waals surface area contributed by atoms with E-state index in [0.717, 1.165) is 12.8 Å². The average Bonchev–Trinajstić information content (AvgIpc) is 3.10. The number of carbonyl (C=O) groups is 1. The number of rotatable bonds is 5. The number of carbonyl (C=O) groups excluding carboxylic acids is 1. The minimum Gasteiger partial charge on any atom is -0.294 e. The second-order valence-electron chi connectivity index (χ2n) is 4.88. The van der Waals surface area contributed by atoms with Crippen molar-refractivity contribution in [1.82, 2.24) is 0 Å². The molecule has 0 unspecified atom stereocenters. The zero-order chi connectivity index (χ0) is 13.3. The highest BCUT2D eigenvalue weighted by Crippen LogP contribution is 2.32. The summed E-state index contributed by atoms with van der Waals surface area (Å²) in [7, 11) is -3.32. The molecular formula is C14H16O3S. The molecule has 3 nitrogen and oxygen atoms in total. The molecule has 0 bridgehead atoms. The lowest BCUT2D eigenvalue weighted by Crippen LogP contribution is -2.08. The molecule has 1 aromatic rings. The Kier molecular flexibility index (Phi) is 3.39. The lowest BCUT2D eigenvalue weighted by Gasteiger charge is -2.05. The molecule has 0 heterocycles. The number of hydrogen-bond donors (Lipinski definition) is 0. The summed E-state index contributed by atoms with van der Waals surface area (Å²) in [6, 6.07) is 6.22. The van der Waals surface area contributed by atoms with Crippen molar-refractivity contribution in [3.8, 4) is 0 Å². The Morgan fingerprint density at radius 3 is 2.28 bits per heavy atom. The van der Waals surface area contributed by atoms with Crippen molar-refractivity contribution in [2.45, 2.75) is 24.7 Å². The van der Waals surface area contributed by atoms with Crippen molar-refractivity contribution in [3.05, 3.63) is 42.0 Å². The van der Waals surface area contributed by atoms with Crippen LogP contribution in [0.3, 0.4) is 0 Å². The fourth-order valence-corrected chi connectivity index (χ4v) is 3.18. The molecule has 1 aromatic carbocycles. The summed E-state index contributed by atoms with van der Waals surface area (Å²) in [5, 5.41) is 0. The summed E-state index contributed by atoms with van der Waals surface area (Å²) in [4.78, 5) is 12.0. The van der Waals surface area contributed by atoms with Gasteiger partial charge in [-0.3, -0.25) is 4.79 Å². The van der Waals surface area contributed by atoms with Crippen LogP contribution in [-0.2, 0) is 9.84 Å². The van der Waals surface area contributed by atoms with Crippen LogP contribution in [0.15, 0.2) is 41.3 Å². The minimum absolute atomic E-state index is 0.0527. The Hall–Kier alpha value is -1.42. The smallest absolute Gasteiger partial charge is 0.182 e. The van der Waals surface area contributed by atoms with E-state index >= 15 is 0 Å². The number of ketones is 1. The third-order valence-corrected chi connectivity index (χ3v) is 4.75. The lowest BCUT2D eigenvalue weighted by molar-refractivity contribution is 0.0967. The molecule has 1 aliphatic rings. The van der Waals surface area contributed by atoms with Crippen LogP contribution < -0.4 is 0 Å². The van der Waals surface area contributed by atoms with Gasteiger partial charge in [-0.15, -0.1) is 0 Å². The highest BCUT2D eigenvalue weighted by atomic mass is 32.2. The van der Waals surface area contributed by atoms with E-state index in [0.29, 0.717) is 11.1 Å². The third kappa shape index (κ3) is 2.88. The van der Waals surface area contributed by atoms with E-state index < -0.39 is 9.84 Å². The van der Waals surface area contributed by atoms with Crippen LogP contribution in [-0.4, -0.2) is 20.0 Å². The van der Waals surface area contributed by atoms with E-state index in [1.54, 1.807) is 19.1 Å². The Balaban J connectivity index is 2.21.